The van der Waals surface area contributed by atoms with Crippen molar-refractivity contribution in [3.05, 3.63) is 0 Å². The van der Waals surface area contributed by atoms with Crippen LogP contribution in [0, 0.1) is 5.92 Å². The molecule has 0 aromatic carbocycles. The van der Waals surface area contributed by atoms with Gasteiger partial charge in [-0.2, -0.15) is 0 Å². The van der Waals surface area contributed by atoms with Gasteiger partial charge in [0.2, 0.25) is 15.9 Å². The fourth-order valence-corrected chi connectivity index (χ4v) is 2.32. The SMILES string of the molecule is CC(C)CC(NS(C)(=O)=O)C(=O)NC(CCO)C(=O)O. The second-order valence-electron chi connectivity index (χ2n) is 4.98. The maximum Gasteiger partial charge on any atom is 0.326 e. The third-order valence-electron chi connectivity index (χ3n) is 2.41. The molecule has 9 heteroatoms. The Morgan fingerprint density at radius 3 is 2.10 bits per heavy atom. The summed E-state index contributed by atoms with van der Waals surface area (Å²) in [5.74, 6) is -1.96. The smallest absolute Gasteiger partial charge is 0.326 e. The van der Waals surface area contributed by atoms with E-state index >= 15 is 0 Å². The molecule has 8 nitrogen and oxygen atoms in total. The van der Waals surface area contributed by atoms with Crippen LogP contribution in [0.2, 0.25) is 0 Å². The van der Waals surface area contributed by atoms with Gasteiger partial charge in [-0.1, -0.05) is 13.8 Å². The molecule has 4 N–H and O–H groups in total. The van der Waals surface area contributed by atoms with Crippen LogP contribution in [-0.2, 0) is 19.6 Å². The Balaban J connectivity index is 4.89. The summed E-state index contributed by atoms with van der Waals surface area (Å²) in [6.07, 6.45) is 1.02. The van der Waals surface area contributed by atoms with Crippen molar-refractivity contribution in [2.45, 2.75) is 38.8 Å². The van der Waals surface area contributed by atoms with E-state index in [0.717, 1.165) is 6.26 Å². The van der Waals surface area contributed by atoms with Crippen molar-refractivity contribution >= 4 is 21.9 Å². The summed E-state index contributed by atoms with van der Waals surface area (Å²) in [7, 11) is -3.59. The molecule has 0 heterocycles. The van der Waals surface area contributed by atoms with Crippen molar-refractivity contribution in [1.82, 2.24) is 10.0 Å². The Kier molecular flexibility index (Phi) is 7.69. The molecule has 2 atom stereocenters. The van der Waals surface area contributed by atoms with Gasteiger partial charge in [0.15, 0.2) is 0 Å². The number of sulfonamides is 1. The molecule has 0 spiro atoms. The molecule has 0 saturated heterocycles. The van der Waals surface area contributed by atoms with E-state index in [2.05, 4.69) is 10.0 Å². The molecule has 0 rings (SSSR count). The van der Waals surface area contributed by atoms with Crippen molar-refractivity contribution in [2.24, 2.45) is 5.92 Å². The molecular formula is C11H22N2O6S. The molecule has 0 radical (unpaired) electrons. The third kappa shape index (κ3) is 8.08. The van der Waals surface area contributed by atoms with Crippen molar-refractivity contribution < 1.29 is 28.2 Å². The van der Waals surface area contributed by atoms with Crippen molar-refractivity contribution in [2.75, 3.05) is 12.9 Å². The minimum absolute atomic E-state index is 0.0427. The lowest BCUT2D eigenvalue weighted by atomic mass is 10.0. The topological polar surface area (TPSA) is 133 Å². The molecule has 0 bridgehead atoms. The number of rotatable bonds is 9. The van der Waals surface area contributed by atoms with Gasteiger partial charge >= 0.3 is 5.97 Å². The van der Waals surface area contributed by atoms with Crippen molar-refractivity contribution in [1.29, 1.82) is 0 Å². The summed E-state index contributed by atoms with van der Waals surface area (Å²) < 4.78 is 24.6. The highest BCUT2D eigenvalue weighted by atomic mass is 32.2. The Morgan fingerprint density at radius 1 is 1.20 bits per heavy atom. The van der Waals surface area contributed by atoms with Crippen LogP contribution in [0.1, 0.15) is 26.7 Å². The zero-order valence-electron chi connectivity index (χ0n) is 11.8. The summed E-state index contributed by atoms with van der Waals surface area (Å²) in [4.78, 5) is 22.9. The fraction of sp³-hybridized carbons (Fsp3) is 0.818. The molecule has 0 saturated carbocycles. The number of carbonyl (C=O) groups is 2. The molecule has 1 amide bonds. The van der Waals surface area contributed by atoms with Gasteiger partial charge in [-0.15, -0.1) is 0 Å². The number of carbonyl (C=O) groups excluding carboxylic acids is 1. The van der Waals surface area contributed by atoms with Crippen LogP contribution in [-0.4, -0.2) is 55.5 Å². The standard InChI is InChI=1S/C11H22N2O6S/c1-7(2)6-9(13-20(3,18)19)10(15)12-8(4-5-14)11(16)17/h7-9,13-14H,4-6H2,1-3H3,(H,12,15)(H,16,17). The molecule has 0 aromatic rings. The number of hydrogen-bond donors (Lipinski definition) is 4. The van der Waals surface area contributed by atoms with Crippen LogP contribution in [0.25, 0.3) is 0 Å². The van der Waals surface area contributed by atoms with E-state index in [9.17, 15) is 18.0 Å². The van der Waals surface area contributed by atoms with Gasteiger partial charge in [-0.3, -0.25) is 4.79 Å². The first-order valence-electron chi connectivity index (χ1n) is 6.18. The van der Waals surface area contributed by atoms with Gasteiger partial charge in [0.1, 0.15) is 12.1 Å². The molecule has 0 aliphatic heterocycles. The molecule has 0 aromatic heterocycles. The van der Waals surface area contributed by atoms with Crippen LogP contribution >= 0.6 is 0 Å². The van der Waals surface area contributed by atoms with Crippen molar-refractivity contribution in [3.8, 4) is 0 Å². The summed E-state index contributed by atoms with van der Waals surface area (Å²) >= 11 is 0. The third-order valence-corrected chi connectivity index (χ3v) is 3.12. The number of carboxylic acid groups (broad SMARTS) is 1. The highest BCUT2D eigenvalue weighted by Crippen LogP contribution is 2.07. The number of aliphatic carboxylic acids is 1. The zero-order chi connectivity index (χ0) is 15.9. The van der Waals surface area contributed by atoms with Crippen LogP contribution in [0.4, 0.5) is 0 Å². The lowest BCUT2D eigenvalue weighted by molar-refractivity contribution is -0.142. The molecule has 0 aliphatic rings. The second kappa shape index (κ2) is 8.18. The predicted molar refractivity (Wildman–Crippen MR) is 72.5 cm³/mol. The van der Waals surface area contributed by atoms with Gasteiger partial charge in [0.25, 0.3) is 0 Å². The van der Waals surface area contributed by atoms with Gasteiger partial charge in [0, 0.05) is 13.0 Å². The summed E-state index contributed by atoms with van der Waals surface area (Å²) in [5.41, 5.74) is 0. The quantitative estimate of drug-likeness (QED) is 0.427. The van der Waals surface area contributed by atoms with Gasteiger partial charge < -0.3 is 15.5 Å². The van der Waals surface area contributed by atoms with Crippen molar-refractivity contribution in [3.63, 3.8) is 0 Å². The predicted octanol–water partition coefficient (Wildman–Crippen LogP) is -1.10. The zero-order valence-corrected chi connectivity index (χ0v) is 12.6. The largest absolute Gasteiger partial charge is 0.480 e. The van der Waals surface area contributed by atoms with Gasteiger partial charge in [-0.05, 0) is 12.3 Å². The maximum absolute atomic E-state index is 12.0. The normalized spacial score (nSPS) is 14.8. The van der Waals surface area contributed by atoms with Crippen LogP contribution in [0.3, 0.4) is 0 Å². The first kappa shape index (κ1) is 18.8. The number of amides is 1. The minimum atomic E-state index is -3.59. The summed E-state index contributed by atoms with van der Waals surface area (Å²) in [5, 5.41) is 19.8. The number of aliphatic hydroxyl groups is 1. The van der Waals surface area contributed by atoms with E-state index in [0.29, 0.717) is 0 Å². The highest BCUT2D eigenvalue weighted by molar-refractivity contribution is 7.88. The molecule has 0 aliphatic carbocycles. The average molecular weight is 310 g/mol. The van der Waals surface area contributed by atoms with E-state index < -0.39 is 40.6 Å². The Hall–Kier alpha value is -1.19. The summed E-state index contributed by atoms with van der Waals surface area (Å²) in [6.45, 7) is 3.23. The Labute approximate surface area is 118 Å². The van der Waals surface area contributed by atoms with E-state index in [1.165, 1.54) is 0 Å². The van der Waals surface area contributed by atoms with Gasteiger partial charge in [-0.25, -0.2) is 17.9 Å². The molecule has 2 unspecified atom stereocenters. The highest BCUT2D eigenvalue weighted by Gasteiger charge is 2.27. The number of nitrogens with one attached hydrogen (secondary N) is 2. The second-order valence-corrected chi connectivity index (χ2v) is 6.76. The summed E-state index contributed by atoms with van der Waals surface area (Å²) in [6, 6.07) is -2.28. The van der Waals surface area contributed by atoms with E-state index in [4.69, 9.17) is 10.2 Å². The molecule has 0 fully saturated rings. The molecular weight excluding hydrogens is 288 g/mol. The first-order chi connectivity index (χ1) is 9.06. The number of aliphatic hydroxyl groups excluding tert-OH is 1. The molecule has 118 valence electrons. The lowest BCUT2D eigenvalue weighted by Gasteiger charge is -2.21. The molecule has 20 heavy (non-hydrogen) atoms. The monoisotopic (exact) mass is 310 g/mol. The Bertz CT molecular complexity index is 434. The van der Waals surface area contributed by atoms with Crippen LogP contribution < -0.4 is 10.0 Å². The van der Waals surface area contributed by atoms with E-state index in [1.807, 2.05) is 13.8 Å². The van der Waals surface area contributed by atoms with E-state index in [-0.39, 0.29) is 18.8 Å². The first-order valence-corrected chi connectivity index (χ1v) is 8.07. The van der Waals surface area contributed by atoms with Gasteiger partial charge in [0.05, 0.1) is 6.26 Å². The fourth-order valence-electron chi connectivity index (χ4n) is 1.60. The minimum Gasteiger partial charge on any atom is -0.480 e. The Morgan fingerprint density at radius 2 is 1.75 bits per heavy atom. The van der Waals surface area contributed by atoms with Crippen LogP contribution in [0.15, 0.2) is 0 Å². The lowest BCUT2D eigenvalue weighted by Crippen LogP contribution is -2.52. The maximum atomic E-state index is 12.0. The average Bonchev–Trinajstić information content (AvgIpc) is 2.24. The van der Waals surface area contributed by atoms with E-state index in [1.54, 1.807) is 0 Å². The number of carboxylic acids is 1. The van der Waals surface area contributed by atoms with Crippen LogP contribution in [0.5, 0.6) is 0 Å². The number of hydrogen-bond acceptors (Lipinski definition) is 5.